The highest BCUT2D eigenvalue weighted by molar-refractivity contribution is 9.10. The first-order valence-corrected chi connectivity index (χ1v) is 6.54. The Morgan fingerprint density at radius 3 is 2.78 bits per heavy atom. The zero-order valence-corrected chi connectivity index (χ0v) is 12.1. The average Bonchev–Trinajstić information content (AvgIpc) is 2.27. The fourth-order valence-corrected chi connectivity index (χ4v) is 1.97. The van der Waals surface area contributed by atoms with Gasteiger partial charge in [-0.25, -0.2) is 0 Å². The first kappa shape index (κ1) is 15.1. The van der Waals surface area contributed by atoms with E-state index in [4.69, 9.17) is 4.74 Å². The monoisotopic (exact) mass is 316 g/mol. The van der Waals surface area contributed by atoms with Crippen molar-refractivity contribution in [2.24, 2.45) is 0 Å². The fraction of sp³-hybridized carbons (Fsp3) is 0.500. The first-order valence-electron chi connectivity index (χ1n) is 5.75. The molecule has 0 saturated heterocycles. The smallest absolute Gasteiger partial charge is 0.270 e. The molecule has 18 heavy (non-hydrogen) atoms. The van der Waals surface area contributed by atoms with Gasteiger partial charge in [0, 0.05) is 29.7 Å². The molecule has 1 N–H and O–H groups in total. The molecule has 100 valence electrons. The van der Waals surface area contributed by atoms with Crippen LogP contribution >= 0.6 is 15.9 Å². The van der Waals surface area contributed by atoms with E-state index in [2.05, 4.69) is 21.2 Å². The Morgan fingerprint density at radius 1 is 1.44 bits per heavy atom. The molecule has 0 saturated carbocycles. The summed E-state index contributed by atoms with van der Waals surface area (Å²) in [7, 11) is 0. The predicted octanol–water partition coefficient (Wildman–Crippen LogP) is 2.87. The average molecular weight is 317 g/mol. The highest BCUT2D eigenvalue weighted by Crippen LogP contribution is 2.21. The summed E-state index contributed by atoms with van der Waals surface area (Å²) >= 11 is 3.27. The number of nitrogens with one attached hydrogen (secondary N) is 1. The van der Waals surface area contributed by atoms with Gasteiger partial charge < -0.3 is 10.1 Å². The Labute approximate surface area is 115 Å². The van der Waals surface area contributed by atoms with E-state index in [-0.39, 0.29) is 11.8 Å². The molecule has 0 aliphatic rings. The van der Waals surface area contributed by atoms with Crippen LogP contribution < -0.4 is 5.32 Å². The van der Waals surface area contributed by atoms with Gasteiger partial charge >= 0.3 is 0 Å². The maximum absolute atomic E-state index is 10.7. The van der Waals surface area contributed by atoms with Crippen molar-refractivity contribution in [3.8, 4) is 0 Å². The van der Waals surface area contributed by atoms with Crippen LogP contribution in [0.25, 0.3) is 0 Å². The number of benzene rings is 1. The standard InChI is InChI=1S/C12H17BrN2O3/c1-9(2)18-4-3-14-8-10-5-11(13)7-12(6-10)15(16)17/h5-7,9,14H,3-4,8H2,1-2H3. The Kier molecular flexibility index (Phi) is 6.24. The van der Waals surface area contributed by atoms with Crippen LogP contribution in [0.4, 0.5) is 5.69 Å². The third kappa shape index (κ3) is 5.57. The normalized spacial score (nSPS) is 10.9. The summed E-state index contributed by atoms with van der Waals surface area (Å²) in [5.41, 5.74) is 0.972. The molecule has 0 aliphatic carbocycles. The number of hydrogen-bond acceptors (Lipinski definition) is 4. The van der Waals surface area contributed by atoms with Crippen molar-refractivity contribution in [1.29, 1.82) is 0 Å². The van der Waals surface area contributed by atoms with Crippen molar-refractivity contribution in [3.05, 3.63) is 38.3 Å². The van der Waals surface area contributed by atoms with Crippen molar-refractivity contribution in [2.45, 2.75) is 26.5 Å². The van der Waals surface area contributed by atoms with Gasteiger partial charge in [-0.05, 0) is 25.5 Å². The number of non-ortho nitro benzene ring substituents is 1. The molecule has 0 amide bonds. The lowest BCUT2D eigenvalue weighted by Crippen LogP contribution is -2.21. The SMILES string of the molecule is CC(C)OCCNCc1cc(Br)cc([N+](=O)[O-])c1. The van der Waals surface area contributed by atoms with Crippen molar-refractivity contribution >= 4 is 21.6 Å². The third-order valence-corrected chi connectivity index (χ3v) is 2.67. The van der Waals surface area contributed by atoms with Crippen LogP contribution in [0.2, 0.25) is 0 Å². The second-order valence-electron chi connectivity index (χ2n) is 4.17. The van der Waals surface area contributed by atoms with E-state index in [9.17, 15) is 10.1 Å². The lowest BCUT2D eigenvalue weighted by molar-refractivity contribution is -0.385. The van der Waals surface area contributed by atoms with E-state index < -0.39 is 4.92 Å². The molecule has 0 radical (unpaired) electrons. The molecule has 0 aromatic heterocycles. The van der Waals surface area contributed by atoms with Crippen LogP contribution in [0.3, 0.4) is 0 Å². The molecule has 0 atom stereocenters. The number of nitrogens with zero attached hydrogens (tertiary/aromatic N) is 1. The first-order chi connectivity index (χ1) is 8.49. The second-order valence-corrected chi connectivity index (χ2v) is 5.09. The van der Waals surface area contributed by atoms with E-state index in [1.54, 1.807) is 6.07 Å². The van der Waals surface area contributed by atoms with Gasteiger partial charge in [0.05, 0.1) is 17.6 Å². The summed E-state index contributed by atoms with van der Waals surface area (Å²) in [4.78, 5) is 10.3. The van der Waals surface area contributed by atoms with Crippen LogP contribution in [0.15, 0.2) is 22.7 Å². The molecule has 1 aromatic rings. The van der Waals surface area contributed by atoms with Gasteiger partial charge in [-0.1, -0.05) is 15.9 Å². The molecule has 6 heteroatoms. The highest BCUT2D eigenvalue weighted by Gasteiger charge is 2.08. The summed E-state index contributed by atoms with van der Waals surface area (Å²) in [6.45, 7) is 5.91. The molecule has 1 aromatic carbocycles. The third-order valence-electron chi connectivity index (χ3n) is 2.21. The largest absolute Gasteiger partial charge is 0.377 e. The zero-order valence-electron chi connectivity index (χ0n) is 10.5. The lowest BCUT2D eigenvalue weighted by atomic mass is 10.2. The van der Waals surface area contributed by atoms with Crippen molar-refractivity contribution in [1.82, 2.24) is 5.32 Å². The predicted molar refractivity (Wildman–Crippen MR) is 73.6 cm³/mol. The highest BCUT2D eigenvalue weighted by atomic mass is 79.9. The Hall–Kier alpha value is -0.980. The van der Waals surface area contributed by atoms with Gasteiger partial charge in [-0.15, -0.1) is 0 Å². The van der Waals surface area contributed by atoms with Gasteiger partial charge in [-0.3, -0.25) is 10.1 Å². The Balaban J connectivity index is 2.44. The number of nitro benzene ring substituents is 1. The minimum absolute atomic E-state index is 0.0969. The molecule has 0 spiro atoms. The number of hydrogen-bond donors (Lipinski definition) is 1. The molecular weight excluding hydrogens is 300 g/mol. The van der Waals surface area contributed by atoms with Crippen LogP contribution in [-0.4, -0.2) is 24.2 Å². The van der Waals surface area contributed by atoms with Crippen LogP contribution in [-0.2, 0) is 11.3 Å². The Bertz CT molecular complexity index is 410. The molecule has 0 bridgehead atoms. The minimum Gasteiger partial charge on any atom is -0.377 e. The zero-order chi connectivity index (χ0) is 13.5. The second kappa shape index (κ2) is 7.45. The van der Waals surface area contributed by atoms with E-state index in [0.29, 0.717) is 17.6 Å². The number of halogens is 1. The van der Waals surface area contributed by atoms with Crippen molar-refractivity contribution in [3.63, 3.8) is 0 Å². The maximum atomic E-state index is 10.7. The van der Waals surface area contributed by atoms with E-state index >= 15 is 0 Å². The summed E-state index contributed by atoms with van der Waals surface area (Å²) in [5.74, 6) is 0. The molecule has 0 fully saturated rings. The van der Waals surface area contributed by atoms with Gasteiger partial charge in [0.15, 0.2) is 0 Å². The Morgan fingerprint density at radius 2 is 2.17 bits per heavy atom. The van der Waals surface area contributed by atoms with Gasteiger partial charge in [-0.2, -0.15) is 0 Å². The topological polar surface area (TPSA) is 64.4 Å². The van der Waals surface area contributed by atoms with E-state index in [1.807, 2.05) is 19.9 Å². The van der Waals surface area contributed by atoms with E-state index in [1.165, 1.54) is 6.07 Å². The van der Waals surface area contributed by atoms with Crippen LogP contribution in [0, 0.1) is 10.1 Å². The number of nitro groups is 1. The summed E-state index contributed by atoms with van der Waals surface area (Å²) in [5, 5.41) is 13.9. The fourth-order valence-electron chi connectivity index (χ4n) is 1.44. The molecule has 5 nitrogen and oxygen atoms in total. The maximum Gasteiger partial charge on any atom is 0.270 e. The van der Waals surface area contributed by atoms with Crippen molar-refractivity contribution in [2.75, 3.05) is 13.2 Å². The quantitative estimate of drug-likeness (QED) is 0.477. The van der Waals surface area contributed by atoms with Crippen LogP contribution in [0.1, 0.15) is 19.4 Å². The molecule has 0 heterocycles. The van der Waals surface area contributed by atoms with Gasteiger partial charge in [0.2, 0.25) is 0 Å². The summed E-state index contributed by atoms with van der Waals surface area (Å²) in [6, 6.07) is 4.93. The summed E-state index contributed by atoms with van der Waals surface area (Å²) < 4.78 is 6.10. The van der Waals surface area contributed by atoms with Gasteiger partial charge in [0.25, 0.3) is 5.69 Å². The van der Waals surface area contributed by atoms with Gasteiger partial charge in [0.1, 0.15) is 0 Å². The molecule has 0 unspecified atom stereocenters. The van der Waals surface area contributed by atoms with Crippen molar-refractivity contribution < 1.29 is 9.66 Å². The lowest BCUT2D eigenvalue weighted by Gasteiger charge is -2.08. The minimum atomic E-state index is -0.393. The molecule has 0 aliphatic heterocycles. The number of ether oxygens (including phenoxy) is 1. The van der Waals surface area contributed by atoms with E-state index in [0.717, 1.165) is 12.1 Å². The molecule has 1 rings (SSSR count). The summed E-state index contributed by atoms with van der Waals surface area (Å²) in [6.07, 6.45) is 0.221. The number of rotatable bonds is 7. The molecular formula is C12H17BrN2O3. The van der Waals surface area contributed by atoms with Crippen LogP contribution in [0.5, 0.6) is 0 Å².